The van der Waals surface area contributed by atoms with E-state index in [0.29, 0.717) is 22.7 Å². The number of anilines is 1. The van der Waals surface area contributed by atoms with Gasteiger partial charge in [0.05, 0.1) is 17.9 Å². The van der Waals surface area contributed by atoms with E-state index < -0.39 is 11.8 Å². The van der Waals surface area contributed by atoms with Crippen LogP contribution in [0.5, 0.6) is 5.75 Å². The normalized spacial score (nSPS) is 11.2. The van der Waals surface area contributed by atoms with Crippen molar-refractivity contribution < 1.29 is 23.5 Å². The summed E-state index contributed by atoms with van der Waals surface area (Å²) in [6.07, 6.45) is 5.38. The predicted octanol–water partition coefficient (Wildman–Crippen LogP) is 8.87. The maximum absolute atomic E-state index is 14.6. The van der Waals surface area contributed by atoms with Crippen LogP contribution >= 0.6 is 11.3 Å². The van der Waals surface area contributed by atoms with Gasteiger partial charge in [-0.05, 0) is 66.4 Å². The van der Waals surface area contributed by atoms with E-state index in [4.69, 9.17) is 9.47 Å². The van der Waals surface area contributed by atoms with Crippen molar-refractivity contribution in [3.8, 4) is 5.75 Å². The first-order chi connectivity index (χ1) is 19.3. The van der Waals surface area contributed by atoms with Crippen LogP contribution in [0.1, 0.15) is 59.1 Å². The summed E-state index contributed by atoms with van der Waals surface area (Å²) in [4.78, 5) is 27.5. The second-order valence-corrected chi connectivity index (χ2v) is 10.6. The quantitative estimate of drug-likeness (QED) is 0.0747. The van der Waals surface area contributed by atoms with Crippen molar-refractivity contribution in [2.45, 2.75) is 39.0 Å². The molecule has 0 atom stereocenters. The van der Waals surface area contributed by atoms with Crippen LogP contribution < -0.4 is 9.64 Å². The van der Waals surface area contributed by atoms with E-state index in [1.807, 2.05) is 31.1 Å². The molecule has 0 saturated carbocycles. The van der Waals surface area contributed by atoms with Crippen molar-refractivity contribution in [3.05, 3.63) is 83.0 Å². The van der Waals surface area contributed by atoms with Gasteiger partial charge in [0.2, 0.25) is 0 Å². The Bertz CT molecular complexity index is 1500. The molecule has 0 aliphatic rings. The molecule has 4 aromatic rings. The molecule has 4 rings (SSSR count). The topological polar surface area (TPSA) is 80.6 Å². The molecule has 0 spiro atoms. The molecule has 0 N–H and O–H groups in total. The second-order valence-electron chi connectivity index (χ2n) is 9.53. The summed E-state index contributed by atoms with van der Waals surface area (Å²) in [5, 5.41) is 8.85. The Balaban J connectivity index is 1.36. The smallest absolute Gasteiger partial charge is 0.353 e. The molecular weight excluding hydrogens is 529 g/mol. The molecule has 0 aliphatic carbocycles. The Morgan fingerprint density at radius 2 is 1.65 bits per heavy atom. The lowest BCUT2D eigenvalue weighted by molar-refractivity contribution is 0.0497. The van der Waals surface area contributed by atoms with E-state index in [1.165, 1.54) is 36.3 Å². The fourth-order valence-corrected chi connectivity index (χ4v) is 4.91. The average molecular weight is 562 g/mol. The Hall–Kier alpha value is -4.11. The Kier molecular flexibility index (Phi) is 9.96. The average Bonchev–Trinajstić information content (AvgIpc) is 3.38. The van der Waals surface area contributed by atoms with Crippen molar-refractivity contribution in [1.82, 2.24) is 0 Å². The number of unbranched alkanes of at least 4 members (excludes halogenated alkanes) is 4. The Labute approximate surface area is 237 Å². The zero-order valence-electron chi connectivity index (χ0n) is 22.9. The molecule has 40 heavy (non-hydrogen) atoms. The van der Waals surface area contributed by atoms with Gasteiger partial charge in [-0.25, -0.2) is 14.0 Å². The van der Waals surface area contributed by atoms with Crippen molar-refractivity contribution >= 4 is 50.4 Å². The number of ether oxygens (including phenoxy) is 2. The van der Waals surface area contributed by atoms with Crippen molar-refractivity contribution in [2.24, 2.45) is 10.2 Å². The number of fused-ring (bicyclic) bond motifs is 1. The van der Waals surface area contributed by atoms with E-state index in [1.54, 1.807) is 36.4 Å². The highest BCUT2D eigenvalue weighted by molar-refractivity contribution is 7.20. The molecule has 1 heterocycles. The molecular formula is C31H32FN3O4S. The third kappa shape index (κ3) is 7.72. The van der Waals surface area contributed by atoms with Gasteiger partial charge in [-0.3, -0.25) is 0 Å². The molecule has 7 nitrogen and oxygen atoms in total. The SMILES string of the molecule is CCCCCCCOC(=O)c1ccc2cc(C(=O)Oc3ccc(N=Nc4ccc(N(C)C)cc4)c(F)c3)sc2c1. The monoisotopic (exact) mass is 561 g/mol. The number of thiophene rings is 1. The molecule has 0 aliphatic heterocycles. The largest absolute Gasteiger partial charge is 0.462 e. The van der Waals surface area contributed by atoms with Gasteiger partial charge in [-0.2, -0.15) is 5.11 Å². The van der Waals surface area contributed by atoms with E-state index in [9.17, 15) is 14.0 Å². The van der Waals surface area contributed by atoms with E-state index in [0.717, 1.165) is 41.1 Å². The molecule has 0 amide bonds. The highest BCUT2D eigenvalue weighted by Crippen LogP contribution is 2.30. The van der Waals surface area contributed by atoms with Gasteiger partial charge in [0.1, 0.15) is 16.3 Å². The maximum atomic E-state index is 14.6. The molecule has 0 radical (unpaired) electrons. The van der Waals surface area contributed by atoms with Crippen LogP contribution in [0.2, 0.25) is 0 Å². The standard InChI is InChI=1S/C31H32FN3O4S/c1-4-5-6-7-8-17-38-30(36)22-10-9-21-18-29(40-28(21)19-22)31(37)39-25-15-16-27(26(32)20-25)34-33-23-11-13-24(14-12-23)35(2)3/h9-16,18-20H,4-8,17H2,1-3H3. The number of hydrogen-bond acceptors (Lipinski definition) is 8. The summed E-state index contributed by atoms with van der Waals surface area (Å²) in [5.41, 5.74) is 2.06. The Morgan fingerprint density at radius 3 is 2.38 bits per heavy atom. The summed E-state index contributed by atoms with van der Waals surface area (Å²) in [7, 11) is 3.88. The van der Waals surface area contributed by atoms with Gasteiger partial charge in [-0.15, -0.1) is 16.5 Å². The summed E-state index contributed by atoms with van der Waals surface area (Å²) in [5.74, 6) is -1.61. The van der Waals surface area contributed by atoms with Gasteiger partial charge in [0.15, 0.2) is 5.82 Å². The molecule has 3 aromatic carbocycles. The second kappa shape index (κ2) is 13.8. The zero-order chi connectivity index (χ0) is 28.5. The number of benzene rings is 3. The molecule has 0 bridgehead atoms. The van der Waals surface area contributed by atoms with Crippen LogP contribution in [0.25, 0.3) is 10.1 Å². The lowest BCUT2D eigenvalue weighted by Crippen LogP contribution is -2.07. The highest BCUT2D eigenvalue weighted by atomic mass is 32.1. The minimum atomic E-state index is -0.663. The van der Waals surface area contributed by atoms with E-state index in [-0.39, 0.29) is 17.4 Å². The van der Waals surface area contributed by atoms with Gasteiger partial charge < -0.3 is 14.4 Å². The number of halogens is 1. The first-order valence-electron chi connectivity index (χ1n) is 13.3. The first kappa shape index (κ1) is 28.9. The molecule has 208 valence electrons. The van der Waals surface area contributed by atoms with Crippen LogP contribution in [0.3, 0.4) is 0 Å². The van der Waals surface area contributed by atoms with Crippen LogP contribution in [0.4, 0.5) is 21.5 Å². The third-order valence-corrected chi connectivity index (χ3v) is 7.28. The Morgan fingerprint density at radius 1 is 0.875 bits per heavy atom. The van der Waals surface area contributed by atoms with E-state index >= 15 is 0 Å². The fraction of sp³-hybridized carbons (Fsp3) is 0.290. The first-order valence-corrected chi connectivity index (χ1v) is 14.1. The molecule has 9 heteroatoms. The molecule has 1 aromatic heterocycles. The summed E-state index contributed by atoms with van der Waals surface area (Å²) in [6, 6.07) is 18.2. The van der Waals surface area contributed by atoms with Gasteiger partial charge in [0, 0.05) is 30.5 Å². The number of hydrogen-bond donors (Lipinski definition) is 0. The summed E-state index contributed by atoms with van der Waals surface area (Å²) >= 11 is 1.20. The zero-order valence-corrected chi connectivity index (χ0v) is 23.7. The fourth-order valence-electron chi connectivity index (χ4n) is 3.93. The third-order valence-electron chi connectivity index (χ3n) is 6.21. The number of carbonyl (C=O) groups is 2. The van der Waals surface area contributed by atoms with E-state index in [2.05, 4.69) is 17.2 Å². The van der Waals surface area contributed by atoms with Crippen LogP contribution in [-0.2, 0) is 4.74 Å². The number of rotatable bonds is 12. The van der Waals surface area contributed by atoms with Crippen LogP contribution in [0.15, 0.2) is 77.0 Å². The van der Waals surface area contributed by atoms with Crippen LogP contribution in [0, 0.1) is 5.82 Å². The van der Waals surface area contributed by atoms with Gasteiger partial charge in [-0.1, -0.05) is 38.7 Å². The van der Waals surface area contributed by atoms with Crippen LogP contribution in [-0.4, -0.2) is 32.6 Å². The summed E-state index contributed by atoms with van der Waals surface area (Å²) in [6.45, 7) is 2.55. The van der Waals surface area contributed by atoms with Crippen molar-refractivity contribution in [3.63, 3.8) is 0 Å². The molecule has 0 unspecified atom stereocenters. The minimum absolute atomic E-state index is 0.0266. The highest BCUT2D eigenvalue weighted by Gasteiger charge is 2.16. The van der Waals surface area contributed by atoms with Gasteiger partial charge >= 0.3 is 11.9 Å². The van der Waals surface area contributed by atoms with Crippen molar-refractivity contribution in [1.29, 1.82) is 0 Å². The number of carbonyl (C=O) groups excluding carboxylic acids is 2. The minimum Gasteiger partial charge on any atom is -0.462 e. The lowest BCUT2D eigenvalue weighted by atomic mass is 10.1. The number of esters is 2. The van der Waals surface area contributed by atoms with Crippen molar-refractivity contribution in [2.75, 3.05) is 25.6 Å². The number of nitrogens with zero attached hydrogens (tertiary/aromatic N) is 3. The molecule has 0 fully saturated rings. The van der Waals surface area contributed by atoms with Gasteiger partial charge in [0.25, 0.3) is 0 Å². The molecule has 0 saturated heterocycles. The summed E-state index contributed by atoms with van der Waals surface area (Å²) < 4.78 is 26.2. The predicted molar refractivity (Wildman–Crippen MR) is 157 cm³/mol. The maximum Gasteiger partial charge on any atom is 0.353 e. The number of azo groups is 1. The lowest BCUT2D eigenvalue weighted by Gasteiger charge is -2.11.